The van der Waals surface area contributed by atoms with Crippen molar-refractivity contribution in [3.63, 3.8) is 0 Å². The molecule has 17 heavy (non-hydrogen) atoms. The summed E-state index contributed by atoms with van der Waals surface area (Å²) in [7, 11) is 0. The molecule has 1 aromatic heterocycles. The summed E-state index contributed by atoms with van der Waals surface area (Å²) in [6, 6.07) is 0. The summed E-state index contributed by atoms with van der Waals surface area (Å²) in [4.78, 5) is 11.0. The van der Waals surface area contributed by atoms with Crippen LogP contribution in [0.4, 0.5) is 13.2 Å². The number of carbonyl (C=O) groups is 1. The molecule has 8 heteroatoms. The summed E-state index contributed by atoms with van der Waals surface area (Å²) in [6.45, 7) is 1.26. The molecule has 0 aromatic carbocycles. The summed E-state index contributed by atoms with van der Waals surface area (Å²) in [5, 5.41) is 12.7. The van der Waals surface area contributed by atoms with Crippen LogP contribution < -0.4 is 0 Å². The van der Waals surface area contributed by atoms with Crippen molar-refractivity contribution in [3.05, 3.63) is 18.0 Å². The number of aliphatic hydroxyl groups excluding tert-OH is 1. The van der Waals surface area contributed by atoms with Crippen molar-refractivity contribution in [1.29, 1.82) is 0 Å². The van der Waals surface area contributed by atoms with Crippen molar-refractivity contribution in [2.75, 3.05) is 6.61 Å². The van der Waals surface area contributed by atoms with E-state index in [4.69, 9.17) is 0 Å². The Morgan fingerprint density at radius 1 is 1.65 bits per heavy atom. The van der Waals surface area contributed by atoms with Gasteiger partial charge in [-0.3, -0.25) is 4.68 Å². The highest BCUT2D eigenvalue weighted by molar-refractivity contribution is 5.74. The van der Waals surface area contributed by atoms with E-state index in [1.807, 2.05) is 0 Å². The first-order valence-corrected chi connectivity index (χ1v) is 4.79. The van der Waals surface area contributed by atoms with E-state index < -0.39 is 23.8 Å². The maximum absolute atomic E-state index is 12.2. The van der Waals surface area contributed by atoms with Gasteiger partial charge in [0.15, 0.2) is 6.10 Å². The predicted octanol–water partition coefficient (Wildman–Crippen LogP) is 0.826. The summed E-state index contributed by atoms with van der Waals surface area (Å²) in [6.07, 6.45) is -4.69. The van der Waals surface area contributed by atoms with Crippen molar-refractivity contribution in [2.45, 2.75) is 25.7 Å². The van der Waals surface area contributed by atoms with Crippen molar-refractivity contribution in [3.8, 4) is 0 Å². The van der Waals surface area contributed by atoms with Crippen LogP contribution in [-0.4, -0.2) is 33.6 Å². The molecule has 0 aliphatic carbocycles. The van der Waals surface area contributed by atoms with Crippen molar-refractivity contribution >= 4 is 5.97 Å². The molecular weight excluding hydrogens is 241 g/mol. The minimum atomic E-state index is -4.49. The van der Waals surface area contributed by atoms with Crippen LogP contribution in [0.3, 0.4) is 0 Å². The van der Waals surface area contributed by atoms with E-state index in [1.54, 1.807) is 6.92 Å². The smallest absolute Gasteiger partial charge is 0.419 e. The first-order valence-electron chi connectivity index (χ1n) is 4.79. The maximum atomic E-state index is 12.2. The van der Waals surface area contributed by atoms with Crippen LogP contribution in [0.5, 0.6) is 0 Å². The van der Waals surface area contributed by atoms with Crippen molar-refractivity contribution in [1.82, 2.24) is 9.78 Å². The number of ether oxygens (including phenoxy) is 1. The van der Waals surface area contributed by atoms with Gasteiger partial charge in [-0.1, -0.05) is 0 Å². The molecule has 0 aliphatic rings. The van der Waals surface area contributed by atoms with Crippen LogP contribution in [0, 0.1) is 0 Å². The first kappa shape index (κ1) is 13.5. The van der Waals surface area contributed by atoms with E-state index in [-0.39, 0.29) is 13.2 Å². The van der Waals surface area contributed by atoms with Gasteiger partial charge in [0.25, 0.3) is 0 Å². The highest BCUT2D eigenvalue weighted by atomic mass is 19.4. The minimum absolute atomic E-state index is 0.0861. The lowest BCUT2D eigenvalue weighted by atomic mass is 10.3. The molecule has 0 fully saturated rings. The summed E-state index contributed by atoms with van der Waals surface area (Å²) < 4.78 is 42.0. The first-order chi connectivity index (χ1) is 7.84. The van der Waals surface area contributed by atoms with Gasteiger partial charge in [0.05, 0.1) is 24.9 Å². The highest BCUT2D eigenvalue weighted by Gasteiger charge is 2.32. The standard InChI is InChI=1S/C9H11F3N2O3/c1-2-17-8(16)7(15)5-14-4-6(3-13-14)9(10,11)12/h3-4,7,15H,2,5H2,1H3/t7-/m1/s1. The SMILES string of the molecule is CCOC(=O)[C@H](O)Cn1cc(C(F)(F)F)cn1. The Hall–Kier alpha value is -1.57. The summed E-state index contributed by atoms with van der Waals surface area (Å²) in [5.41, 5.74) is -0.937. The number of halogens is 3. The zero-order chi connectivity index (χ0) is 13.1. The number of hydrogen-bond acceptors (Lipinski definition) is 4. The molecule has 0 amide bonds. The molecule has 0 bridgehead atoms. The Balaban J connectivity index is 2.64. The molecule has 0 saturated heterocycles. The third kappa shape index (κ3) is 3.74. The van der Waals surface area contributed by atoms with Crippen LogP contribution in [-0.2, 0) is 22.3 Å². The topological polar surface area (TPSA) is 64.3 Å². The van der Waals surface area contributed by atoms with Crippen molar-refractivity contribution in [2.24, 2.45) is 0 Å². The van der Waals surface area contributed by atoms with Crippen LogP contribution >= 0.6 is 0 Å². The molecule has 0 saturated carbocycles. The van der Waals surface area contributed by atoms with Crippen LogP contribution in [0.25, 0.3) is 0 Å². The summed E-state index contributed by atoms with van der Waals surface area (Å²) >= 11 is 0. The van der Waals surface area contributed by atoms with Gasteiger partial charge in [-0.2, -0.15) is 18.3 Å². The number of esters is 1. The largest absolute Gasteiger partial charge is 0.464 e. The van der Waals surface area contributed by atoms with Gasteiger partial charge < -0.3 is 9.84 Å². The molecule has 0 spiro atoms. The number of hydrogen-bond donors (Lipinski definition) is 1. The van der Waals surface area contributed by atoms with E-state index >= 15 is 0 Å². The van der Waals surface area contributed by atoms with Crippen LogP contribution in [0.2, 0.25) is 0 Å². The van der Waals surface area contributed by atoms with Gasteiger partial charge in [-0.25, -0.2) is 4.79 Å². The molecule has 0 radical (unpaired) electrons. The number of carbonyl (C=O) groups excluding carboxylic acids is 1. The third-order valence-electron chi connectivity index (χ3n) is 1.88. The molecule has 5 nitrogen and oxygen atoms in total. The van der Waals surface area contributed by atoms with Gasteiger partial charge in [0, 0.05) is 6.20 Å². The van der Waals surface area contributed by atoms with Gasteiger partial charge >= 0.3 is 12.1 Å². The average Bonchev–Trinajstić information content (AvgIpc) is 2.66. The number of nitrogens with zero attached hydrogens (tertiary/aromatic N) is 2. The molecule has 1 rings (SSSR count). The number of aliphatic hydroxyl groups is 1. The molecule has 1 aromatic rings. The van der Waals surface area contributed by atoms with Gasteiger partial charge in [-0.05, 0) is 6.92 Å². The molecule has 96 valence electrons. The second kappa shape index (κ2) is 5.17. The Kier molecular flexibility index (Phi) is 4.11. The quantitative estimate of drug-likeness (QED) is 0.806. The lowest BCUT2D eigenvalue weighted by Gasteiger charge is -2.09. The number of alkyl halides is 3. The zero-order valence-corrected chi connectivity index (χ0v) is 8.94. The highest BCUT2D eigenvalue weighted by Crippen LogP contribution is 2.28. The zero-order valence-electron chi connectivity index (χ0n) is 8.94. The fourth-order valence-electron chi connectivity index (χ4n) is 1.10. The minimum Gasteiger partial charge on any atom is -0.464 e. The van der Waals surface area contributed by atoms with Crippen LogP contribution in [0.15, 0.2) is 12.4 Å². The maximum Gasteiger partial charge on any atom is 0.419 e. The number of rotatable bonds is 4. The van der Waals surface area contributed by atoms with E-state index in [0.717, 1.165) is 4.68 Å². The average molecular weight is 252 g/mol. The fourth-order valence-corrected chi connectivity index (χ4v) is 1.10. The number of aromatic nitrogens is 2. The summed E-state index contributed by atoms with van der Waals surface area (Å²) in [5.74, 6) is -0.892. The fraction of sp³-hybridized carbons (Fsp3) is 0.556. The van der Waals surface area contributed by atoms with Crippen molar-refractivity contribution < 1.29 is 27.8 Å². The molecule has 0 unspecified atom stereocenters. The van der Waals surface area contributed by atoms with E-state index in [2.05, 4.69) is 9.84 Å². The normalized spacial score (nSPS) is 13.5. The molecule has 1 N–H and O–H groups in total. The van der Waals surface area contributed by atoms with E-state index in [9.17, 15) is 23.1 Å². The third-order valence-corrected chi connectivity index (χ3v) is 1.88. The van der Waals surface area contributed by atoms with Gasteiger partial charge in [0.2, 0.25) is 0 Å². The Morgan fingerprint density at radius 2 is 2.29 bits per heavy atom. The molecule has 1 heterocycles. The Morgan fingerprint density at radius 3 is 2.76 bits per heavy atom. The molecule has 0 aliphatic heterocycles. The molecular formula is C9H11F3N2O3. The second-order valence-electron chi connectivity index (χ2n) is 3.22. The van der Waals surface area contributed by atoms with E-state index in [0.29, 0.717) is 12.4 Å². The predicted molar refractivity (Wildman–Crippen MR) is 49.9 cm³/mol. The Labute approximate surface area is 94.8 Å². The monoisotopic (exact) mass is 252 g/mol. The second-order valence-corrected chi connectivity index (χ2v) is 3.22. The Bertz CT molecular complexity index is 389. The van der Waals surface area contributed by atoms with Crippen LogP contribution in [0.1, 0.15) is 12.5 Å². The van der Waals surface area contributed by atoms with E-state index in [1.165, 1.54) is 0 Å². The lowest BCUT2D eigenvalue weighted by molar-refractivity contribution is -0.153. The van der Waals surface area contributed by atoms with Gasteiger partial charge in [0.1, 0.15) is 0 Å². The lowest BCUT2D eigenvalue weighted by Crippen LogP contribution is -2.28. The van der Waals surface area contributed by atoms with Gasteiger partial charge in [-0.15, -0.1) is 0 Å². The molecule has 1 atom stereocenters.